The lowest BCUT2D eigenvalue weighted by atomic mass is 9.89. The molecule has 1 aliphatic carbocycles. The lowest BCUT2D eigenvalue weighted by Gasteiger charge is -2.29. The maximum atomic E-state index is 9.38. The molecule has 17 heavy (non-hydrogen) atoms. The topological polar surface area (TPSA) is 27.0 Å². The molecule has 1 atom stereocenters. The molecule has 0 saturated heterocycles. The lowest BCUT2D eigenvalue weighted by molar-refractivity contribution is 0.232. The summed E-state index contributed by atoms with van der Waals surface area (Å²) in [5, 5.41) is 9.38. The minimum Gasteiger partial charge on any atom is -0.301 e. The van der Waals surface area contributed by atoms with Crippen LogP contribution in [0.25, 0.3) is 0 Å². The Kier molecular flexibility index (Phi) is 2.97. The molecule has 0 bridgehead atoms. The van der Waals surface area contributed by atoms with Gasteiger partial charge >= 0.3 is 0 Å². The van der Waals surface area contributed by atoms with Crippen molar-refractivity contribution in [3.8, 4) is 6.07 Å². The van der Waals surface area contributed by atoms with E-state index in [4.69, 9.17) is 0 Å². The molecule has 0 aromatic heterocycles. The molecule has 2 rings (SSSR count). The fraction of sp³-hybridized carbons (Fsp3) is 0.533. The molecule has 0 aliphatic heterocycles. The summed E-state index contributed by atoms with van der Waals surface area (Å²) in [5.41, 5.74) is 3.75. The van der Waals surface area contributed by atoms with Crippen LogP contribution in [0.2, 0.25) is 0 Å². The first-order valence-electron chi connectivity index (χ1n) is 6.15. The standard InChI is InChI=1S/C15H20N2/c1-11-5-6-13(9-12(11)2)14(17(3)4)15(10-16)7-8-15/h5-6,9,14H,7-8H2,1-4H3. The van der Waals surface area contributed by atoms with Crippen molar-refractivity contribution >= 4 is 0 Å². The maximum Gasteiger partial charge on any atom is 0.0771 e. The highest BCUT2D eigenvalue weighted by molar-refractivity contribution is 5.35. The number of aryl methyl sites for hydroxylation is 2. The van der Waals surface area contributed by atoms with Crippen molar-refractivity contribution < 1.29 is 0 Å². The van der Waals surface area contributed by atoms with Crippen LogP contribution in [0.1, 0.15) is 35.6 Å². The van der Waals surface area contributed by atoms with Gasteiger partial charge in [-0.15, -0.1) is 0 Å². The van der Waals surface area contributed by atoms with Crippen LogP contribution in [0.5, 0.6) is 0 Å². The molecule has 0 spiro atoms. The van der Waals surface area contributed by atoms with Gasteiger partial charge in [0.05, 0.1) is 17.5 Å². The van der Waals surface area contributed by atoms with Crippen LogP contribution in [-0.2, 0) is 0 Å². The first-order valence-corrected chi connectivity index (χ1v) is 6.15. The van der Waals surface area contributed by atoms with Crippen LogP contribution >= 0.6 is 0 Å². The van der Waals surface area contributed by atoms with E-state index < -0.39 is 0 Å². The molecule has 1 fully saturated rings. The molecule has 1 aliphatic rings. The Bertz CT molecular complexity index is 464. The zero-order valence-corrected chi connectivity index (χ0v) is 11.1. The Labute approximate surface area is 104 Å². The van der Waals surface area contributed by atoms with Gasteiger partial charge in [0, 0.05) is 0 Å². The van der Waals surface area contributed by atoms with Gasteiger partial charge in [-0.2, -0.15) is 5.26 Å². The van der Waals surface area contributed by atoms with Gasteiger partial charge in [0.25, 0.3) is 0 Å². The van der Waals surface area contributed by atoms with Crippen LogP contribution in [0.4, 0.5) is 0 Å². The Morgan fingerprint density at radius 1 is 1.24 bits per heavy atom. The third-order valence-electron chi connectivity index (χ3n) is 3.90. The zero-order valence-electron chi connectivity index (χ0n) is 11.1. The minimum absolute atomic E-state index is 0.148. The summed E-state index contributed by atoms with van der Waals surface area (Å²) in [5.74, 6) is 0. The van der Waals surface area contributed by atoms with Crippen molar-refractivity contribution in [2.24, 2.45) is 5.41 Å². The van der Waals surface area contributed by atoms with Crippen molar-refractivity contribution in [3.63, 3.8) is 0 Å². The Hall–Kier alpha value is -1.33. The molecule has 1 aromatic carbocycles. The van der Waals surface area contributed by atoms with E-state index in [2.05, 4.69) is 57.1 Å². The second-order valence-corrected chi connectivity index (χ2v) is 5.48. The number of hydrogen-bond donors (Lipinski definition) is 0. The predicted molar refractivity (Wildman–Crippen MR) is 69.6 cm³/mol. The van der Waals surface area contributed by atoms with Gasteiger partial charge in [0.2, 0.25) is 0 Å². The summed E-state index contributed by atoms with van der Waals surface area (Å²) in [6.07, 6.45) is 2.05. The number of nitriles is 1. The normalized spacial score (nSPS) is 18.8. The summed E-state index contributed by atoms with van der Waals surface area (Å²) in [7, 11) is 4.13. The molecule has 90 valence electrons. The third-order valence-corrected chi connectivity index (χ3v) is 3.90. The number of rotatable bonds is 3. The quantitative estimate of drug-likeness (QED) is 0.794. The van der Waals surface area contributed by atoms with Gasteiger partial charge in [0.15, 0.2) is 0 Å². The average molecular weight is 228 g/mol. The van der Waals surface area contributed by atoms with Gasteiger partial charge in [-0.3, -0.25) is 0 Å². The van der Waals surface area contributed by atoms with Gasteiger partial charge in [0.1, 0.15) is 0 Å². The molecule has 2 heteroatoms. The van der Waals surface area contributed by atoms with Crippen molar-refractivity contribution in [2.75, 3.05) is 14.1 Å². The first-order chi connectivity index (χ1) is 8.00. The van der Waals surface area contributed by atoms with E-state index in [-0.39, 0.29) is 11.5 Å². The van der Waals surface area contributed by atoms with E-state index in [0.29, 0.717) is 0 Å². The fourth-order valence-electron chi connectivity index (χ4n) is 2.63. The first kappa shape index (κ1) is 12.1. The minimum atomic E-state index is -0.148. The van der Waals surface area contributed by atoms with Crippen LogP contribution in [0.15, 0.2) is 18.2 Å². The van der Waals surface area contributed by atoms with E-state index in [1.54, 1.807) is 0 Å². The van der Waals surface area contributed by atoms with Crippen molar-refractivity contribution in [3.05, 3.63) is 34.9 Å². The summed E-state index contributed by atoms with van der Waals surface area (Å²) in [6.45, 7) is 4.26. The third kappa shape index (κ3) is 2.08. The molecule has 1 saturated carbocycles. The SMILES string of the molecule is Cc1ccc(C(N(C)C)C2(C#N)CC2)cc1C. The van der Waals surface area contributed by atoms with E-state index in [0.717, 1.165) is 12.8 Å². The highest BCUT2D eigenvalue weighted by atomic mass is 15.1. The van der Waals surface area contributed by atoms with E-state index in [1.807, 2.05) is 0 Å². The van der Waals surface area contributed by atoms with Gasteiger partial charge in [-0.05, 0) is 57.5 Å². The monoisotopic (exact) mass is 228 g/mol. The molecule has 0 heterocycles. The Morgan fingerprint density at radius 3 is 2.29 bits per heavy atom. The summed E-state index contributed by atoms with van der Waals surface area (Å²) in [4.78, 5) is 2.18. The smallest absolute Gasteiger partial charge is 0.0771 e. The second-order valence-electron chi connectivity index (χ2n) is 5.48. The fourth-order valence-corrected chi connectivity index (χ4v) is 2.63. The zero-order chi connectivity index (χ0) is 12.6. The van der Waals surface area contributed by atoms with Crippen LogP contribution in [-0.4, -0.2) is 19.0 Å². The summed E-state index contributed by atoms with van der Waals surface area (Å²) < 4.78 is 0. The van der Waals surface area contributed by atoms with Gasteiger partial charge < -0.3 is 4.90 Å². The van der Waals surface area contributed by atoms with Gasteiger partial charge in [-0.1, -0.05) is 18.2 Å². The van der Waals surface area contributed by atoms with Crippen LogP contribution < -0.4 is 0 Å². The molecule has 1 aromatic rings. The summed E-state index contributed by atoms with van der Waals surface area (Å²) >= 11 is 0. The van der Waals surface area contributed by atoms with Crippen molar-refractivity contribution in [1.82, 2.24) is 4.90 Å². The largest absolute Gasteiger partial charge is 0.301 e. The summed E-state index contributed by atoms with van der Waals surface area (Å²) in [6, 6.07) is 9.32. The van der Waals surface area contributed by atoms with E-state index >= 15 is 0 Å². The van der Waals surface area contributed by atoms with E-state index in [9.17, 15) is 5.26 Å². The number of benzene rings is 1. The molecular formula is C15H20N2. The van der Waals surface area contributed by atoms with Crippen molar-refractivity contribution in [1.29, 1.82) is 5.26 Å². The Morgan fingerprint density at radius 2 is 1.88 bits per heavy atom. The molecule has 0 amide bonds. The number of hydrogen-bond acceptors (Lipinski definition) is 2. The molecule has 0 N–H and O–H groups in total. The molecular weight excluding hydrogens is 208 g/mol. The second kappa shape index (κ2) is 4.16. The van der Waals surface area contributed by atoms with E-state index in [1.165, 1.54) is 16.7 Å². The highest BCUT2D eigenvalue weighted by Gasteiger charge is 2.51. The molecule has 1 unspecified atom stereocenters. The number of nitrogens with zero attached hydrogens (tertiary/aromatic N) is 2. The van der Waals surface area contributed by atoms with Crippen LogP contribution in [0.3, 0.4) is 0 Å². The molecule has 0 radical (unpaired) electrons. The average Bonchev–Trinajstić information content (AvgIpc) is 3.04. The highest BCUT2D eigenvalue weighted by Crippen LogP contribution is 2.56. The van der Waals surface area contributed by atoms with Gasteiger partial charge in [-0.25, -0.2) is 0 Å². The van der Waals surface area contributed by atoms with Crippen molar-refractivity contribution in [2.45, 2.75) is 32.7 Å². The predicted octanol–water partition coefficient (Wildman–Crippen LogP) is 3.21. The Balaban J connectivity index is 2.41. The lowest BCUT2D eigenvalue weighted by Crippen LogP contribution is -2.28. The maximum absolute atomic E-state index is 9.38. The van der Waals surface area contributed by atoms with Crippen LogP contribution in [0, 0.1) is 30.6 Å². The molecule has 2 nitrogen and oxygen atoms in total.